The summed E-state index contributed by atoms with van der Waals surface area (Å²) in [5, 5.41) is 4.84. The van der Waals surface area contributed by atoms with E-state index in [9.17, 15) is 4.79 Å². The minimum Gasteiger partial charge on any atom is -0.497 e. The summed E-state index contributed by atoms with van der Waals surface area (Å²) in [6.07, 6.45) is 12.1. The van der Waals surface area contributed by atoms with E-state index >= 15 is 0 Å². The van der Waals surface area contributed by atoms with Gasteiger partial charge in [0.1, 0.15) is 11.5 Å². The van der Waals surface area contributed by atoms with Crippen LogP contribution in [-0.4, -0.2) is 80.8 Å². The lowest BCUT2D eigenvalue weighted by atomic mass is 10.0. The minimum absolute atomic E-state index is 0.0485. The molecule has 0 fully saturated rings. The molecule has 0 aliphatic rings. The van der Waals surface area contributed by atoms with Crippen molar-refractivity contribution in [3.05, 3.63) is 191 Å². The van der Waals surface area contributed by atoms with Crippen LogP contribution in [0.4, 0.5) is 0 Å². The van der Waals surface area contributed by atoms with Crippen molar-refractivity contribution in [3.63, 3.8) is 0 Å². The zero-order valence-corrected chi connectivity index (χ0v) is 43.4. The van der Waals surface area contributed by atoms with E-state index in [0.29, 0.717) is 64.6 Å². The number of fused-ring (bicyclic) bond motifs is 2. The van der Waals surface area contributed by atoms with E-state index < -0.39 is 0 Å². The van der Waals surface area contributed by atoms with Gasteiger partial charge in [-0.05, 0) is 111 Å². The average Bonchev–Trinajstić information content (AvgIpc) is 3.45. The molecule has 8 rings (SSSR count). The van der Waals surface area contributed by atoms with Crippen LogP contribution in [0.2, 0.25) is 0 Å². The predicted octanol–water partition coefficient (Wildman–Crippen LogP) is 14.4. The first-order valence-electron chi connectivity index (χ1n) is 23.9. The van der Waals surface area contributed by atoms with E-state index in [1.165, 1.54) is 21.5 Å². The zero-order valence-electron chi connectivity index (χ0n) is 43.4. The summed E-state index contributed by atoms with van der Waals surface area (Å²) in [7, 11) is 12.8. The lowest BCUT2D eigenvalue weighted by molar-refractivity contribution is 0.0769. The SMILES string of the molecule is CCN(CC)C(=O)c1c(/C=C\c2ccc3ccccc3c2)cc(OC)cc1OC.COc1cc(/C=C\c2ccc3ccccc3c2)cc(OC)c1OC.COc1cc(/C=C\c2ccccc2)cc(OC)c1OC. The number of nitrogens with zero attached hydrogens (tertiary/aromatic N) is 1. The first-order chi connectivity index (χ1) is 35.6. The maximum atomic E-state index is 13.2. The molecule has 1 amide bonds. The van der Waals surface area contributed by atoms with Gasteiger partial charge < -0.3 is 42.8 Å². The van der Waals surface area contributed by atoms with E-state index in [1.54, 1.807) is 67.8 Å². The number of carbonyl (C=O) groups is 1. The fourth-order valence-electron chi connectivity index (χ4n) is 8.07. The van der Waals surface area contributed by atoms with Crippen LogP contribution in [-0.2, 0) is 0 Å². The lowest BCUT2D eigenvalue weighted by Gasteiger charge is -2.22. The van der Waals surface area contributed by atoms with Gasteiger partial charge in [0.2, 0.25) is 11.5 Å². The Morgan fingerprint density at radius 1 is 0.370 bits per heavy atom. The molecule has 8 aromatic carbocycles. The second-order valence-corrected chi connectivity index (χ2v) is 16.3. The summed E-state index contributed by atoms with van der Waals surface area (Å²) in [6, 6.07) is 50.7. The van der Waals surface area contributed by atoms with Crippen molar-refractivity contribution in [1.29, 1.82) is 0 Å². The highest BCUT2D eigenvalue weighted by Crippen LogP contribution is 2.40. The van der Waals surface area contributed by atoms with E-state index in [2.05, 4.69) is 84.9 Å². The van der Waals surface area contributed by atoms with Crippen LogP contribution < -0.4 is 37.9 Å². The largest absolute Gasteiger partial charge is 0.497 e. The summed E-state index contributed by atoms with van der Waals surface area (Å²) in [5.41, 5.74) is 6.64. The Bertz CT molecular complexity index is 3120. The van der Waals surface area contributed by atoms with Gasteiger partial charge >= 0.3 is 0 Å². The molecule has 0 radical (unpaired) electrons. The van der Waals surface area contributed by atoms with Gasteiger partial charge in [-0.1, -0.05) is 140 Å². The Hall–Kier alpha value is -8.63. The summed E-state index contributed by atoms with van der Waals surface area (Å²) in [6.45, 7) is 5.22. The molecule has 0 aliphatic heterocycles. The van der Waals surface area contributed by atoms with Crippen molar-refractivity contribution in [2.45, 2.75) is 13.8 Å². The molecule has 0 unspecified atom stereocenters. The van der Waals surface area contributed by atoms with Gasteiger partial charge in [-0.15, -0.1) is 0 Å². The fourth-order valence-corrected chi connectivity index (χ4v) is 8.07. The highest BCUT2D eigenvalue weighted by molar-refractivity contribution is 6.02. The molecule has 0 saturated heterocycles. The molecule has 376 valence electrons. The van der Waals surface area contributed by atoms with Gasteiger partial charge in [-0.3, -0.25) is 4.79 Å². The predicted molar refractivity (Wildman–Crippen MR) is 300 cm³/mol. The molecule has 0 atom stereocenters. The molecule has 8 aromatic rings. The molecule has 10 heteroatoms. The van der Waals surface area contributed by atoms with Gasteiger partial charge in [0.25, 0.3) is 5.91 Å². The number of amides is 1. The molecule has 0 spiro atoms. The number of carbonyl (C=O) groups excluding carboxylic acids is 1. The molecule has 10 nitrogen and oxygen atoms in total. The highest BCUT2D eigenvalue weighted by Gasteiger charge is 2.22. The van der Waals surface area contributed by atoms with Gasteiger partial charge in [-0.25, -0.2) is 0 Å². The van der Waals surface area contributed by atoms with E-state index in [1.807, 2.05) is 111 Å². The Kier molecular flexibility index (Phi) is 19.9. The fraction of sp³-hybridized carbons (Fsp3) is 0.190. The topological polar surface area (TPSA) is 94.2 Å². The number of rotatable bonds is 17. The molecule has 73 heavy (non-hydrogen) atoms. The minimum atomic E-state index is -0.0485. The van der Waals surface area contributed by atoms with Gasteiger partial charge in [0, 0.05) is 19.2 Å². The normalized spacial score (nSPS) is 10.9. The van der Waals surface area contributed by atoms with Crippen LogP contribution in [0.15, 0.2) is 152 Å². The smallest absolute Gasteiger partial charge is 0.258 e. The van der Waals surface area contributed by atoms with E-state index in [-0.39, 0.29) is 5.91 Å². The quantitative estimate of drug-likeness (QED) is 0.0827. The Morgan fingerprint density at radius 3 is 1.18 bits per heavy atom. The van der Waals surface area contributed by atoms with E-state index in [0.717, 1.165) is 33.4 Å². The maximum Gasteiger partial charge on any atom is 0.258 e. The second kappa shape index (κ2) is 27.1. The van der Waals surface area contributed by atoms with Crippen LogP contribution in [0.25, 0.3) is 58.0 Å². The number of ether oxygens (including phenoxy) is 8. The summed E-state index contributed by atoms with van der Waals surface area (Å²) in [4.78, 5) is 15.0. The zero-order chi connectivity index (χ0) is 52.1. The van der Waals surface area contributed by atoms with Gasteiger partial charge in [0.15, 0.2) is 23.0 Å². The van der Waals surface area contributed by atoms with Crippen LogP contribution in [0.3, 0.4) is 0 Å². The Morgan fingerprint density at radius 2 is 0.767 bits per heavy atom. The molecular weight excluding hydrogens is 915 g/mol. The highest BCUT2D eigenvalue weighted by atomic mass is 16.5. The molecule has 0 heterocycles. The maximum absolute atomic E-state index is 13.2. The monoisotopic (exact) mass is 979 g/mol. The van der Waals surface area contributed by atoms with Crippen molar-refractivity contribution in [1.82, 2.24) is 4.90 Å². The first kappa shape index (κ1) is 53.7. The number of hydrogen-bond donors (Lipinski definition) is 0. The van der Waals surface area contributed by atoms with Crippen LogP contribution in [0, 0.1) is 0 Å². The Labute approximate surface area is 430 Å². The third-order valence-corrected chi connectivity index (χ3v) is 11.9. The number of methoxy groups -OCH3 is 8. The molecule has 0 saturated carbocycles. The summed E-state index contributed by atoms with van der Waals surface area (Å²) >= 11 is 0. The van der Waals surface area contributed by atoms with Crippen LogP contribution in [0.5, 0.6) is 46.0 Å². The third-order valence-electron chi connectivity index (χ3n) is 11.9. The number of benzene rings is 8. The lowest BCUT2D eigenvalue weighted by Crippen LogP contribution is -2.31. The van der Waals surface area contributed by atoms with E-state index in [4.69, 9.17) is 37.9 Å². The van der Waals surface area contributed by atoms with Gasteiger partial charge in [0.05, 0.1) is 62.4 Å². The molecule has 0 bridgehead atoms. The van der Waals surface area contributed by atoms with Crippen molar-refractivity contribution in [3.8, 4) is 46.0 Å². The average molecular weight is 980 g/mol. The summed E-state index contributed by atoms with van der Waals surface area (Å²) < 4.78 is 43.1. The van der Waals surface area contributed by atoms with Crippen molar-refractivity contribution < 1.29 is 42.7 Å². The Balaban J connectivity index is 0.000000182. The summed E-state index contributed by atoms with van der Waals surface area (Å²) in [5.74, 6) is 4.92. The van der Waals surface area contributed by atoms with Crippen molar-refractivity contribution in [2.24, 2.45) is 0 Å². The molecule has 0 N–H and O–H groups in total. The standard InChI is InChI=1S/C25H27NO3.C21H20O3.C17H18O3/c1-5-26(6-2)25(27)24-21(16-22(28-3)17-23(24)29-4)14-12-18-11-13-19-9-7-8-10-20(19)15-18;1-22-19-13-16(14-20(23-2)21(19)24-3)9-8-15-10-11-17-6-4-5-7-18(17)12-15;1-18-15-11-14(12-16(19-2)17(15)20-3)10-9-13-7-5-4-6-8-13/h7-17H,5-6H2,1-4H3;4-14H,1-3H3;4-12H,1-3H3/b14-12-;9-8-;10-9-. The first-order valence-corrected chi connectivity index (χ1v) is 23.9. The van der Waals surface area contributed by atoms with Crippen molar-refractivity contribution >= 4 is 63.9 Å². The van der Waals surface area contributed by atoms with Gasteiger partial charge in [-0.2, -0.15) is 0 Å². The van der Waals surface area contributed by atoms with Crippen molar-refractivity contribution in [2.75, 3.05) is 70.0 Å². The molecule has 0 aromatic heterocycles. The second-order valence-electron chi connectivity index (χ2n) is 16.3. The molecule has 0 aliphatic carbocycles. The molecular formula is C63H65NO9. The van der Waals surface area contributed by atoms with Crippen LogP contribution in [0.1, 0.15) is 57.6 Å². The number of hydrogen-bond acceptors (Lipinski definition) is 9. The third kappa shape index (κ3) is 14.0. The van der Waals surface area contributed by atoms with Crippen LogP contribution >= 0.6 is 0 Å².